The van der Waals surface area contributed by atoms with Gasteiger partial charge in [-0.2, -0.15) is 5.10 Å². The molecule has 20 rings (SSSR count). The number of anilines is 3. The highest BCUT2D eigenvalue weighted by molar-refractivity contribution is 14.1. The molecule has 0 aliphatic carbocycles. The van der Waals surface area contributed by atoms with E-state index in [0.29, 0.717) is 86.5 Å². The Bertz CT molecular complexity index is 8310. The van der Waals surface area contributed by atoms with E-state index in [2.05, 4.69) is 103 Å². The molecule has 18 aromatic rings. The summed E-state index contributed by atoms with van der Waals surface area (Å²) in [6.45, 7) is 31.9. The lowest BCUT2D eigenvalue weighted by atomic mass is 9.79. The van der Waals surface area contributed by atoms with Gasteiger partial charge in [0.2, 0.25) is 0 Å². The molecule has 0 saturated carbocycles. The van der Waals surface area contributed by atoms with Gasteiger partial charge in [-0.3, -0.25) is 61.7 Å². The number of aromatic nitrogens is 10. The minimum atomic E-state index is -0.500. The second-order valence-corrected chi connectivity index (χ2v) is 39.3. The van der Waals surface area contributed by atoms with Gasteiger partial charge in [-0.05, 0) is 305 Å². The van der Waals surface area contributed by atoms with Crippen molar-refractivity contribution in [2.75, 3.05) is 36.1 Å². The highest BCUT2D eigenvalue weighted by atomic mass is 127. The van der Waals surface area contributed by atoms with Crippen LogP contribution < -0.4 is 44.1 Å². The highest BCUT2D eigenvalue weighted by Gasteiger charge is 2.52. The molecule has 28 nitrogen and oxygen atoms in total. The maximum atomic E-state index is 13.7. The van der Waals surface area contributed by atoms with E-state index in [9.17, 15) is 48.6 Å². The molecule has 7 aromatic heterocycles. The van der Waals surface area contributed by atoms with Crippen LogP contribution in [0.1, 0.15) is 157 Å². The second-order valence-electron chi connectivity index (χ2n) is 36.7. The van der Waals surface area contributed by atoms with Crippen molar-refractivity contribution in [3.8, 4) is 28.5 Å². The number of nitrogens with two attached hydrogens (primary N) is 2. The van der Waals surface area contributed by atoms with Crippen LogP contribution in [-0.4, -0.2) is 124 Å². The first kappa shape index (κ1) is 110. The van der Waals surface area contributed by atoms with E-state index in [-0.39, 0.29) is 71.2 Å². The van der Waals surface area contributed by atoms with Gasteiger partial charge in [-0.25, -0.2) is 29.4 Å². The Balaban J connectivity index is 0.000000139. The number of aldehydes is 1. The molecule has 2 aliphatic heterocycles. The van der Waals surface area contributed by atoms with Gasteiger partial charge in [0.1, 0.15) is 49.7 Å². The number of rotatable bonds is 17. The molecule has 9 heterocycles. The molecule has 760 valence electrons. The molecule has 2 aliphatic rings. The number of alkyl halides is 1. The van der Waals surface area contributed by atoms with Crippen LogP contribution in [0.3, 0.4) is 0 Å². The number of pyridine rings is 4. The molecule has 1 fully saturated rings. The first-order chi connectivity index (χ1) is 71.3. The topological polar surface area (TPSA) is 371 Å². The fourth-order valence-corrected chi connectivity index (χ4v) is 19.8. The third kappa shape index (κ3) is 24.0. The number of esters is 2. The summed E-state index contributed by atoms with van der Waals surface area (Å²) in [6.07, 6.45) is 3.56. The summed E-state index contributed by atoms with van der Waals surface area (Å²) in [7, 11) is -0.405. The fraction of sp³-hybridized carbons (Fsp3) is 0.214. The summed E-state index contributed by atoms with van der Waals surface area (Å²) < 4.78 is 32.0. The number of aryl methyl sites for hydroxylation is 10. The summed E-state index contributed by atoms with van der Waals surface area (Å²) >= 11 is 7.79. The van der Waals surface area contributed by atoms with Crippen molar-refractivity contribution in [3.63, 3.8) is 0 Å². The van der Waals surface area contributed by atoms with Crippen molar-refractivity contribution in [2.24, 2.45) is 4.99 Å². The number of fused-ring (bicyclic) bond motifs is 6. The van der Waals surface area contributed by atoms with Crippen molar-refractivity contribution in [1.82, 2.24) is 48.0 Å². The van der Waals surface area contributed by atoms with Gasteiger partial charge in [-0.1, -0.05) is 210 Å². The number of hydrogen-bond donors (Lipinski definition) is 4. The monoisotopic (exact) mass is 2280 g/mol. The predicted octanol–water partition coefficient (Wildman–Crippen LogP) is 21.1. The molecular formula is C117H114BBrI2N14O14. The number of phenolic OH excluding ortho intramolecular Hbond substituents is 1. The van der Waals surface area contributed by atoms with E-state index in [1.807, 2.05) is 289 Å². The Morgan fingerprint density at radius 1 is 0.483 bits per heavy atom. The zero-order valence-electron chi connectivity index (χ0n) is 85.5. The Morgan fingerprint density at radius 3 is 1.37 bits per heavy atom. The SMILES string of the molecule is CC1(C)OB(c2cccc(O)c2)OC1(C)C.CCOC(=O)CN(C(=O)c1c(C)cccc1C=O)c1ccccc1C.CCOC(=O)c1cc2cccc(C)c2c(=O)n1-c1ccccc1C.Cc1ccccc1-n1c(CBr)cc2cccc(C)c2c1=O.Cc1ccccc1-n1c(CO)cc2cccc(C)c2c1=O.Cc1ccccc1-n1c(Cn2nc(I)c3c(N)ncnc32)cc2cccc(C)c2c1=O.Nc1ncnc2c1C(I)=NC2. The van der Waals surface area contributed by atoms with Gasteiger partial charge in [0.05, 0.1) is 116 Å². The number of halogens is 3. The molecule has 6 N–H and O–H groups in total. The number of carbonyl (C=O) groups is 4. The number of nitrogen functional groups attached to an aromatic ring is 2. The maximum Gasteiger partial charge on any atom is 0.494 e. The number of nitrogens with zero attached hydrogens (tertiary/aromatic N) is 12. The first-order valence-corrected chi connectivity index (χ1v) is 51.4. The third-order valence-corrected chi connectivity index (χ3v) is 28.3. The second kappa shape index (κ2) is 48.3. The zero-order valence-corrected chi connectivity index (χ0v) is 91.4. The van der Waals surface area contributed by atoms with E-state index in [4.69, 9.17) is 30.2 Å². The molecule has 1 saturated heterocycles. The normalized spacial score (nSPS) is 12.4. The third-order valence-electron chi connectivity index (χ3n) is 26.1. The maximum absolute atomic E-state index is 13.7. The molecule has 0 spiro atoms. The first-order valence-electron chi connectivity index (χ1n) is 48.2. The quantitative estimate of drug-likeness (QED) is 0.0216. The summed E-state index contributed by atoms with van der Waals surface area (Å²) in [4.78, 5) is 124. The van der Waals surface area contributed by atoms with E-state index < -0.39 is 25.0 Å². The average Bonchev–Trinajstić information content (AvgIpc) is 1.67. The minimum Gasteiger partial charge on any atom is -0.508 e. The number of benzene rings is 11. The van der Waals surface area contributed by atoms with Crippen molar-refractivity contribution < 1.29 is 48.2 Å². The van der Waals surface area contributed by atoms with Crippen molar-refractivity contribution >= 4 is 173 Å². The van der Waals surface area contributed by atoms with Gasteiger partial charge in [0, 0.05) is 28.0 Å². The van der Waals surface area contributed by atoms with E-state index >= 15 is 0 Å². The molecule has 149 heavy (non-hydrogen) atoms. The van der Waals surface area contributed by atoms with Gasteiger partial charge in [0.25, 0.3) is 28.1 Å². The van der Waals surface area contributed by atoms with E-state index in [1.165, 1.54) is 22.1 Å². The minimum absolute atomic E-state index is 0.0415. The molecule has 0 bridgehead atoms. The number of carbonyl (C=O) groups excluding carboxylic acids is 4. The molecular weight excluding hydrogens is 2170 g/mol. The van der Waals surface area contributed by atoms with Crippen LogP contribution in [0.5, 0.6) is 5.75 Å². The molecule has 1 amide bonds. The summed E-state index contributed by atoms with van der Waals surface area (Å²) in [5.74, 6) is -0.247. The lowest BCUT2D eigenvalue weighted by Gasteiger charge is -2.32. The number of aliphatic imine (C=N–C) groups is 1. The molecule has 11 aromatic carbocycles. The number of para-hydroxylation sites is 5. The van der Waals surface area contributed by atoms with Crippen molar-refractivity contribution in [3.05, 3.63) is 419 Å². The van der Waals surface area contributed by atoms with Crippen molar-refractivity contribution in [1.29, 1.82) is 0 Å². The number of phenols is 1. The Kier molecular flexibility index (Phi) is 35.5. The number of aliphatic hydroxyl groups is 1. The summed E-state index contributed by atoms with van der Waals surface area (Å²) in [5.41, 5.74) is 30.5. The molecule has 0 unspecified atom stereocenters. The fourth-order valence-electron chi connectivity index (χ4n) is 17.9. The largest absolute Gasteiger partial charge is 0.508 e. The number of aromatic hydroxyl groups is 1. The van der Waals surface area contributed by atoms with Gasteiger partial charge in [0.15, 0.2) is 11.9 Å². The van der Waals surface area contributed by atoms with Gasteiger partial charge >= 0.3 is 19.1 Å². The Hall–Kier alpha value is -15.1. The van der Waals surface area contributed by atoms with Crippen molar-refractivity contribution in [2.45, 2.75) is 147 Å². The molecule has 0 atom stereocenters. The average molecular weight is 2280 g/mol. The van der Waals surface area contributed by atoms with Crippen LogP contribution >= 0.6 is 61.1 Å². The lowest BCUT2D eigenvalue weighted by molar-refractivity contribution is -0.141. The number of ether oxygens (including phenoxy) is 2. The lowest BCUT2D eigenvalue weighted by Crippen LogP contribution is -2.41. The van der Waals surface area contributed by atoms with Crippen LogP contribution in [0, 0.1) is 72.9 Å². The number of aliphatic hydroxyl groups excluding tert-OH is 1. The molecule has 0 radical (unpaired) electrons. The van der Waals surface area contributed by atoms with Gasteiger partial charge in [-0.15, -0.1) is 0 Å². The standard InChI is InChI=1S/C23H19IN6O.C20H21NO4.C20H19NO3.C18H16BrNO.C18H17NO2.C12H17BO3.C6H5IN4/c1-13-6-3-4-9-17(13)30-16(10-15-8-5-7-14(2)18(15)23(30)31)11-29-22-19(20(24)28-29)21(25)26-12-27-22;1-4-25-18(23)12-21(17-11-6-5-8-14(17)2)20(24)19-15(3)9-7-10-16(19)13-22;1-4-24-20(23)17-12-15-10-7-9-14(3)18(15)19(22)21(17)16-11-6-5-8-13(16)2;1-12-6-3-4-9-16(12)20-15(11-19)10-14-8-5-7-13(2)17(14)18(20)21;1-12-6-3-4-9-16(12)19-15(11-20)10-14-8-5-7-13(2)17(14)18(19)21;1-11(2)12(3,4)16-13(15-11)9-6-5-7-10(14)8-9;7-5-4-3(1-9-5)10-2-11-6(4)8/h3-10,12H,11H2,1-2H3,(H2,25,26,27);5-11,13H,4,12H2,1-3H3;5-12H,4H2,1-3H3;3-10H,11H2,1-2H3;3-10,20H,11H2,1-2H3;5-8,14H,1-4H3;2H,1H2,(H2,8,10,11). The highest BCUT2D eigenvalue weighted by Crippen LogP contribution is 2.38. The Morgan fingerprint density at radius 2 is 0.899 bits per heavy atom. The van der Waals surface area contributed by atoms with Crippen LogP contribution in [0.15, 0.2) is 298 Å². The van der Waals surface area contributed by atoms with E-state index in [1.54, 1.807) is 89.2 Å². The zero-order chi connectivity index (χ0) is 107. The number of amides is 1. The summed E-state index contributed by atoms with van der Waals surface area (Å²) in [5, 5.41) is 31.5. The van der Waals surface area contributed by atoms with Crippen LogP contribution in [0.25, 0.3) is 76.9 Å². The van der Waals surface area contributed by atoms with Crippen LogP contribution in [-0.2, 0) is 48.6 Å². The van der Waals surface area contributed by atoms with Crippen LogP contribution in [0.4, 0.5) is 17.3 Å². The van der Waals surface area contributed by atoms with Gasteiger partial charge < -0.3 is 40.5 Å². The molecule has 32 heteroatoms. The number of hydrogen-bond acceptors (Lipinski definition) is 22. The predicted molar refractivity (Wildman–Crippen MR) is 613 cm³/mol. The summed E-state index contributed by atoms with van der Waals surface area (Å²) in [6, 6.07) is 81.5. The smallest absolute Gasteiger partial charge is 0.494 e. The van der Waals surface area contributed by atoms with E-state index in [0.717, 1.165) is 140 Å². The Labute approximate surface area is 898 Å². The van der Waals surface area contributed by atoms with Crippen LogP contribution in [0.2, 0.25) is 0 Å².